The zero-order chi connectivity index (χ0) is 12.0. The molecule has 0 aliphatic rings. The van der Waals surface area contributed by atoms with E-state index >= 15 is 0 Å². The van der Waals surface area contributed by atoms with Crippen molar-refractivity contribution in [3.8, 4) is 0 Å². The maximum absolute atomic E-state index is 11.7. The first-order chi connectivity index (χ1) is 7.63. The summed E-state index contributed by atoms with van der Waals surface area (Å²) < 4.78 is 0. The molecule has 0 heterocycles. The zero-order valence-electron chi connectivity index (χ0n) is 10.2. The lowest BCUT2D eigenvalue weighted by atomic mass is 10.1. The number of aryl methyl sites for hydroxylation is 1. The van der Waals surface area contributed by atoms with Crippen LogP contribution in [0.2, 0.25) is 0 Å². The maximum Gasteiger partial charge on any atom is 0.251 e. The van der Waals surface area contributed by atoms with Crippen LogP contribution in [0.25, 0.3) is 0 Å². The maximum atomic E-state index is 11.7. The summed E-state index contributed by atoms with van der Waals surface area (Å²) in [4.78, 5) is 11.7. The first-order valence-electron chi connectivity index (χ1n) is 5.71. The standard InChI is InChI=1S/C13H20N2O/c1-4-14-11(3)9-15-13(16)12-7-5-10(2)6-8-12/h5-8,11,14H,4,9H2,1-3H3,(H,15,16)/t11-/m1/s1. The highest BCUT2D eigenvalue weighted by atomic mass is 16.1. The van der Waals surface area contributed by atoms with Gasteiger partial charge in [0.1, 0.15) is 0 Å². The zero-order valence-corrected chi connectivity index (χ0v) is 10.2. The Morgan fingerprint density at radius 2 is 1.94 bits per heavy atom. The molecule has 1 aromatic rings. The van der Waals surface area contributed by atoms with Crippen molar-refractivity contribution in [2.75, 3.05) is 13.1 Å². The Labute approximate surface area is 97.2 Å². The summed E-state index contributed by atoms with van der Waals surface area (Å²) in [5.74, 6) is -0.00949. The van der Waals surface area contributed by atoms with Crippen molar-refractivity contribution >= 4 is 5.91 Å². The largest absolute Gasteiger partial charge is 0.350 e. The molecule has 88 valence electrons. The summed E-state index contributed by atoms with van der Waals surface area (Å²) in [7, 11) is 0. The first kappa shape index (κ1) is 12.7. The fourth-order valence-electron chi connectivity index (χ4n) is 1.47. The van der Waals surface area contributed by atoms with Crippen molar-refractivity contribution < 1.29 is 4.79 Å². The third-order valence-electron chi connectivity index (χ3n) is 2.44. The van der Waals surface area contributed by atoms with Gasteiger partial charge in [0.05, 0.1) is 0 Å². The molecular weight excluding hydrogens is 200 g/mol. The molecule has 3 heteroatoms. The number of nitrogens with one attached hydrogen (secondary N) is 2. The van der Waals surface area contributed by atoms with Gasteiger partial charge in [-0.25, -0.2) is 0 Å². The molecule has 1 amide bonds. The SMILES string of the molecule is CCN[C@H](C)CNC(=O)c1ccc(C)cc1. The molecule has 1 rings (SSSR count). The van der Waals surface area contributed by atoms with Crippen LogP contribution in [-0.2, 0) is 0 Å². The van der Waals surface area contributed by atoms with Crippen molar-refractivity contribution in [3.63, 3.8) is 0 Å². The Morgan fingerprint density at radius 3 is 2.50 bits per heavy atom. The quantitative estimate of drug-likeness (QED) is 0.793. The normalized spacial score (nSPS) is 12.2. The number of hydrogen-bond donors (Lipinski definition) is 2. The van der Waals surface area contributed by atoms with Gasteiger partial charge < -0.3 is 10.6 Å². The fourth-order valence-corrected chi connectivity index (χ4v) is 1.47. The number of benzene rings is 1. The highest BCUT2D eigenvalue weighted by Gasteiger charge is 2.06. The van der Waals surface area contributed by atoms with Crippen molar-refractivity contribution in [1.82, 2.24) is 10.6 Å². The topological polar surface area (TPSA) is 41.1 Å². The van der Waals surface area contributed by atoms with Gasteiger partial charge >= 0.3 is 0 Å². The van der Waals surface area contributed by atoms with E-state index in [-0.39, 0.29) is 5.91 Å². The number of carbonyl (C=O) groups is 1. The Bertz CT molecular complexity index is 332. The summed E-state index contributed by atoms with van der Waals surface area (Å²) in [6.45, 7) is 7.69. The third-order valence-corrected chi connectivity index (χ3v) is 2.44. The van der Waals surface area contributed by atoms with Gasteiger partial charge in [-0.3, -0.25) is 4.79 Å². The molecule has 0 fully saturated rings. The molecule has 0 bridgehead atoms. The molecule has 1 aromatic carbocycles. The molecular formula is C13H20N2O. The van der Waals surface area contributed by atoms with Gasteiger partial charge in [0, 0.05) is 18.2 Å². The summed E-state index contributed by atoms with van der Waals surface area (Å²) in [6, 6.07) is 7.90. The smallest absolute Gasteiger partial charge is 0.251 e. The van der Waals surface area contributed by atoms with E-state index in [1.165, 1.54) is 0 Å². The third kappa shape index (κ3) is 4.03. The molecule has 0 unspecified atom stereocenters. The van der Waals surface area contributed by atoms with Gasteiger partial charge in [-0.2, -0.15) is 0 Å². The number of carbonyl (C=O) groups excluding carboxylic acids is 1. The van der Waals surface area contributed by atoms with Gasteiger partial charge in [-0.15, -0.1) is 0 Å². The van der Waals surface area contributed by atoms with Gasteiger partial charge in [0.15, 0.2) is 0 Å². The Kier molecular flexibility index (Phi) is 4.99. The number of amides is 1. The summed E-state index contributed by atoms with van der Waals surface area (Å²) >= 11 is 0. The summed E-state index contributed by atoms with van der Waals surface area (Å²) in [5.41, 5.74) is 1.88. The van der Waals surface area contributed by atoms with Crippen LogP contribution in [0.15, 0.2) is 24.3 Å². The average Bonchev–Trinajstić information content (AvgIpc) is 2.27. The van der Waals surface area contributed by atoms with E-state index < -0.39 is 0 Å². The summed E-state index contributed by atoms with van der Waals surface area (Å²) in [5, 5.41) is 6.15. The lowest BCUT2D eigenvalue weighted by molar-refractivity contribution is 0.0950. The number of hydrogen-bond acceptors (Lipinski definition) is 2. The van der Waals surface area contributed by atoms with E-state index in [1.54, 1.807) is 0 Å². The highest BCUT2D eigenvalue weighted by Crippen LogP contribution is 2.02. The van der Waals surface area contributed by atoms with Crippen LogP contribution in [0.5, 0.6) is 0 Å². The molecule has 0 aromatic heterocycles. The van der Waals surface area contributed by atoms with Crippen molar-refractivity contribution in [2.24, 2.45) is 0 Å². The minimum absolute atomic E-state index is 0.00949. The molecule has 16 heavy (non-hydrogen) atoms. The Morgan fingerprint density at radius 1 is 1.31 bits per heavy atom. The van der Waals surface area contributed by atoms with Crippen molar-refractivity contribution in [2.45, 2.75) is 26.8 Å². The predicted molar refractivity (Wildman–Crippen MR) is 66.7 cm³/mol. The van der Waals surface area contributed by atoms with Gasteiger partial charge in [0.2, 0.25) is 0 Å². The number of rotatable bonds is 5. The highest BCUT2D eigenvalue weighted by molar-refractivity contribution is 5.94. The van der Waals surface area contributed by atoms with Crippen LogP contribution >= 0.6 is 0 Å². The second kappa shape index (κ2) is 6.28. The van der Waals surface area contributed by atoms with E-state index in [1.807, 2.05) is 31.2 Å². The predicted octanol–water partition coefficient (Wildman–Crippen LogP) is 1.72. The number of likely N-dealkylation sites (N-methyl/N-ethyl adjacent to an activating group) is 1. The van der Waals surface area contributed by atoms with Crippen molar-refractivity contribution in [3.05, 3.63) is 35.4 Å². The van der Waals surface area contributed by atoms with Crippen LogP contribution in [0.1, 0.15) is 29.8 Å². The van der Waals surface area contributed by atoms with E-state index in [4.69, 9.17) is 0 Å². The second-order valence-corrected chi connectivity index (χ2v) is 4.03. The van der Waals surface area contributed by atoms with Crippen LogP contribution < -0.4 is 10.6 Å². The Hall–Kier alpha value is -1.35. The molecule has 1 atom stereocenters. The first-order valence-corrected chi connectivity index (χ1v) is 5.71. The monoisotopic (exact) mass is 220 g/mol. The van der Waals surface area contributed by atoms with E-state index in [9.17, 15) is 4.79 Å². The molecule has 0 saturated carbocycles. The minimum Gasteiger partial charge on any atom is -0.350 e. The molecule has 3 nitrogen and oxygen atoms in total. The average molecular weight is 220 g/mol. The van der Waals surface area contributed by atoms with Crippen LogP contribution in [0.4, 0.5) is 0 Å². The van der Waals surface area contributed by atoms with Crippen LogP contribution in [-0.4, -0.2) is 25.0 Å². The van der Waals surface area contributed by atoms with E-state index in [0.717, 1.165) is 12.1 Å². The lowest BCUT2D eigenvalue weighted by Crippen LogP contribution is -2.38. The molecule has 0 aliphatic heterocycles. The van der Waals surface area contributed by atoms with Crippen molar-refractivity contribution in [1.29, 1.82) is 0 Å². The molecule has 0 saturated heterocycles. The van der Waals surface area contributed by atoms with E-state index in [2.05, 4.69) is 24.5 Å². The van der Waals surface area contributed by atoms with Crippen LogP contribution in [0, 0.1) is 6.92 Å². The van der Waals surface area contributed by atoms with Gasteiger partial charge in [-0.1, -0.05) is 24.6 Å². The minimum atomic E-state index is -0.00949. The fraction of sp³-hybridized carbons (Fsp3) is 0.462. The molecule has 0 aliphatic carbocycles. The van der Waals surface area contributed by atoms with Gasteiger partial charge in [0.25, 0.3) is 5.91 Å². The molecule has 2 N–H and O–H groups in total. The van der Waals surface area contributed by atoms with E-state index in [0.29, 0.717) is 18.2 Å². The Balaban J connectivity index is 2.43. The lowest BCUT2D eigenvalue weighted by Gasteiger charge is -2.13. The van der Waals surface area contributed by atoms with Crippen LogP contribution in [0.3, 0.4) is 0 Å². The molecule has 0 radical (unpaired) electrons. The molecule has 0 spiro atoms. The summed E-state index contributed by atoms with van der Waals surface area (Å²) in [6.07, 6.45) is 0. The second-order valence-electron chi connectivity index (χ2n) is 4.03. The van der Waals surface area contributed by atoms with Gasteiger partial charge in [-0.05, 0) is 32.5 Å².